The first kappa shape index (κ1) is 21.6. The molecule has 2 aromatic rings. The molecule has 158 valence electrons. The van der Waals surface area contributed by atoms with Gasteiger partial charge in [0, 0.05) is 28.6 Å². The number of fused-ring (bicyclic) bond motifs is 1. The van der Waals surface area contributed by atoms with Crippen LogP contribution in [0, 0.1) is 13.8 Å². The fourth-order valence-electron chi connectivity index (χ4n) is 3.92. The zero-order valence-electron chi connectivity index (χ0n) is 18.8. The predicted octanol–water partition coefficient (Wildman–Crippen LogP) is 5.97. The minimum atomic E-state index is 0.0798. The molecule has 0 unspecified atom stereocenters. The van der Waals surface area contributed by atoms with Gasteiger partial charge in [-0.1, -0.05) is 45.2 Å². The molecule has 1 aliphatic carbocycles. The molecule has 1 atom stereocenters. The highest BCUT2D eigenvalue weighted by atomic mass is 15.2. The summed E-state index contributed by atoms with van der Waals surface area (Å²) in [4.78, 5) is 11.2. The minimum absolute atomic E-state index is 0.0798. The molecular weight excluding hydrogens is 370 g/mol. The van der Waals surface area contributed by atoms with E-state index in [1.807, 2.05) is 20.8 Å². The van der Waals surface area contributed by atoms with Crippen molar-refractivity contribution in [3.63, 3.8) is 0 Å². The lowest BCUT2D eigenvalue weighted by molar-refractivity contribution is 0.453. The zero-order chi connectivity index (χ0) is 21.8. The van der Waals surface area contributed by atoms with Gasteiger partial charge in [0.15, 0.2) is 0 Å². The van der Waals surface area contributed by atoms with E-state index in [0.29, 0.717) is 6.04 Å². The molecular formula is C25H33N5. The first-order valence-electron chi connectivity index (χ1n) is 10.8. The monoisotopic (exact) mass is 403 g/mol. The molecule has 0 spiro atoms. The van der Waals surface area contributed by atoms with Gasteiger partial charge in [-0.15, -0.1) is 0 Å². The average Bonchev–Trinajstić information content (AvgIpc) is 3.57. The molecule has 0 saturated heterocycles. The Balaban J connectivity index is 0.00000124. The van der Waals surface area contributed by atoms with Crippen LogP contribution < -0.4 is 10.6 Å². The highest BCUT2D eigenvalue weighted by Gasteiger charge is 2.37. The number of hydrogen-bond donors (Lipinski definition) is 2. The number of nitrogens with zero attached hydrogens (tertiary/aromatic N) is 3. The molecule has 0 bridgehead atoms. The number of benzene rings is 1. The van der Waals surface area contributed by atoms with Crippen LogP contribution in [0.5, 0.6) is 0 Å². The summed E-state index contributed by atoms with van der Waals surface area (Å²) >= 11 is 0. The predicted molar refractivity (Wildman–Crippen MR) is 128 cm³/mol. The Kier molecular flexibility index (Phi) is 6.60. The van der Waals surface area contributed by atoms with Crippen molar-refractivity contribution in [3.05, 3.63) is 71.8 Å². The van der Waals surface area contributed by atoms with Crippen molar-refractivity contribution in [2.75, 3.05) is 10.6 Å². The van der Waals surface area contributed by atoms with E-state index in [1.165, 1.54) is 35.2 Å². The molecule has 2 N–H and O–H groups in total. The Morgan fingerprint density at radius 2 is 1.87 bits per heavy atom. The lowest BCUT2D eigenvalue weighted by atomic mass is 9.92. The number of hydrogen-bond acceptors (Lipinski definition) is 5. The van der Waals surface area contributed by atoms with Crippen LogP contribution >= 0.6 is 0 Å². The van der Waals surface area contributed by atoms with E-state index in [1.54, 1.807) is 12.5 Å². The van der Waals surface area contributed by atoms with Crippen molar-refractivity contribution >= 4 is 23.4 Å². The van der Waals surface area contributed by atoms with Gasteiger partial charge in [-0.2, -0.15) is 0 Å². The van der Waals surface area contributed by atoms with E-state index in [9.17, 15) is 0 Å². The second-order valence-electron chi connectivity index (χ2n) is 7.57. The summed E-state index contributed by atoms with van der Waals surface area (Å²) in [5.41, 5.74) is 7.09. The molecule has 4 rings (SSSR count). The molecule has 5 nitrogen and oxygen atoms in total. The summed E-state index contributed by atoms with van der Waals surface area (Å²) in [6.07, 6.45) is 7.92. The number of nitrogens with one attached hydrogen (secondary N) is 2. The third kappa shape index (κ3) is 4.11. The second-order valence-corrected chi connectivity index (χ2v) is 7.57. The number of aromatic nitrogens is 2. The first-order chi connectivity index (χ1) is 14.5. The third-order valence-electron chi connectivity index (χ3n) is 5.50. The van der Waals surface area contributed by atoms with Crippen molar-refractivity contribution < 1.29 is 0 Å². The second kappa shape index (κ2) is 9.16. The Bertz CT molecular complexity index is 971. The fourth-order valence-corrected chi connectivity index (χ4v) is 3.92. The number of anilines is 2. The summed E-state index contributed by atoms with van der Waals surface area (Å²) in [7, 11) is 0. The van der Waals surface area contributed by atoms with Gasteiger partial charge in [-0.25, -0.2) is 9.97 Å². The maximum atomic E-state index is 4.47. The van der Waals surface area contributed by atoms with Crippen molar-refractivity contribution in [2.24, 2.45) is 0 Å². The summed E-state index contributed by atoms with van der Waals surface area (Å²) in [6, 6.07) is 7.07. The van der Waals surface area contributed by atoms with Gasteiger partial charge in [0.1, 0.15) is 18.0 Å². The van der Waals surface area contributed by atoms with E-state index in [4.69, 9.17) is 0 Å². The van der Waals surface area contributed by atoms with Gasteiger partial charge in [0.2, 0.25) is 0 Å². The van der Waals surface area contributed by atoms with Gasteiger partial charge in [-0.3, -0.25) is 0 Å². The van der Waals surface area contributed by atoms with Crippen molar-refractivity contribution in [3.8, 4) is 0 Å². The molecule has 1 aromatic heterocycles. The van der Waals surface area contributed by atoms with Crippen LogP contribution in [0.2, 0.25) is 0 Å². The van der Waals surface area contributed by atoms with Gasteiger partial charge in [-0.05, 0) is 57.0 Å². The standard InChI is InChI=1S/C23H27N5.C2H6/c1-6-24-22-15(3)23(26-13-25-22)27-16(4)20-12-18-9-7-8-14(2)21(18)17(5)28(20)19-10-11-19;1-2/h6-9,12-13,16,19H,1,5,10-11H2,2-4H3,(H2,24,25,26,27);1-2H3/t16-;/m0./s1. The third-order valence-corrected chi connectivity index (χ3v) is 5.50. The van der Waals surface area contributed by atoms with E-state index >= 15 is 0 Å². The molecule has 1 aliphatic heterocycles. The molecule has 0 radical (unpaired) electrons. The quantitative estimate of drug-likeness (QED) is 0.623. The van der Waals surface area contributed by atoms with E-state index < -0.39 is 0 Å². The molecule has 1 fully saturated rings. The SMILES string of the molecule is C=CNc1ncnc(N[C@@H](C)C2=Cc3cccc(C)c3C(=C)N2C2CC2)c1C.CC. The van der Waals surface area contributed by atoms with Crippen LogP contribution in [0.4, 0.5) is 11.6 Å². The Morgan fingerprint density at radius 1 is 1.17 bits per heavy atom. The zero-order valence-corrected chi connectivity index (χ0v) is 18.8. The van der Waals surface area contributed by atoms with Crippen molar-refractivity contribution in [1.82, 2.24) is 14.9 Å². The lowest BCUT2D eigenvalue weighted by Gasteiger charge is -2.38. The van der Waals surface area contributed by atoms with Crippen LogP contribution in [0.1, 0.15) is 55.9 Å². The molecule has 2 heterocycles. The molecule has 5 heteroatoms. The van der Waals surface area contributed by atoms with Gasteiger partial charge < -0.3 is 15.5 Å². The average molecular weight is 404 g/mol. The minimum Gasteiger partial charge on any atom is -0.362 e. The number of rotatable bonds is 6. The van der Waals surface area contributed by atoms with E-state index in [0.717, 1.165) is 22.9 Å². The number of aryl methyl sites for hydroxylation is 1. The van der Waals surface area contributed by atoms with Crippen LogP contribution in [-0.2, 0) is 0 Å². The topological polar surface area (TPSA) is 53.1 Å². The van der Waals surface area contributed by atoms with Crippen LogP contribution in [-0.4, -0.2) is 27.0 Å². The Hall–Kier alpha value is -3.08. The normalized spacial score (nSPS) is 16.0. The molecule has 30 heavy (non-hydrogen) atoms. The van der Waals surface area contributed by atoms with Gasteiger partial charge >= 0.3 is 0 Å². The molecule has 0 amide bonds. The summed E-state index contributed by atoms with van der Waals surface area (Å²) in [6.45, 7) is 18.5. The summed E-state index contributed by atoms with van der Waals surface area (Å²) in [5, 5.41) is 6.65. The van der Waals surface area contributed by atoms with Gasteiger partial charge in [0.05, 0.1) is 6.04 Å². The fraction of sp³-hybridized carbons (Fsp3) is 0.360. The summed E-state index contributed by atoms with van der Waals surface area (Å²) in [5.74, 6) is 1.59. The van der Waals surface area contributed by atoms with Gasteiger partial charge in [0.25, 0.3) is 0 Å². The highest BCUT2D eigenvalue weighted by Crippen LogP contribution is 2.43. The van der Waals surface area contributed by atoms with E-state index in [-0.39, 0.29) is 6.04 Å². The van der Waals surface area contributed by atoms with Crippen molar-refractivity contribution in [2.45, 2.75) is 59.5 Å². The first-order valence-corrected chi connectivity index (χ1v) is 10.8. The van der Waals surface area contributed by atoms with Crippen molar-refractivity contribution in [1.29, 1.82) is 0 Å². The molecule has 1 aromatic carbocycles. The highest BCUT2D eigenvalue weighted by molar-refractivity contribution is 5.81. The maximum absolute atomic E-state index is 4.47. The summed E-state index contributed by atoms with van der Waals surface area (Å²) < 4.78 is 0. The molecule has 1 saturated carbocycles. The van der Waals surface area contributed by atoms with Crippen LogP contribution in [0.3, 0.4) is 0 Å². The lowest BCUT2D eigenvalue weighted by Crippen LogP contribution is -2.35. The van der Waals surface area contributed by atoms with Crippen LogP contribution in [0.25, 0.3) is 11.8 Å². The van der Waals surface area contributed by atoms with Crippen LogP contribution in [0.15, 0.2) is 49.6 Å². The molecule has 2 aliphatic rings. The maximum Gasteiger partial charge on any atom is 0.138 e. The smallest absolute Gasteiger partial charge is 0.138 e. The Morgan fingerprint density at radius 3 is 2.53 bits per heavy atom. The largest absolute Gasteiger partial charge is 0.362 e. The Labute approximate surface area is 180 Å². The van der Waals surface area contributed by atoms with E-state index in [2.05, 4.69) is 76.8 Å².